The van der Waals surface area contributed by atoms with Crippen molar-refractivity contribution in [2.24, 2.45) is 0 Å². The van der Waals surface area contributed by atoms with Gasteiger partial charge in [-0.25, -0.2) is 17.6 Å². The maximum Gasteiger partial charge on any atom is 0.128 e. The second-order valence-electron chi connectivity index (χ2n) is 18.8. The molecule has 0 spiro atoms. The highest BCUT2D eigenvalue weighted by atomic mass is 19.1. The van der Waals surface area contributed by atoms with E-state index in [1.165, 1.54) is 24.3 Å². The summed E-state index contributed by atoms with van der Waals surface area (Å²) in [5.41, 5.74) is 10.7. The molecule has 0 saturated heterocycles. The molecule has 0 heterocycles. The molecule has 12 rings (SSSR count). The number of halogens is 4. The summed E-state index contributed by atoms with van der Waals surface area (Å²) in [6, 6.07) is 71.5. The zero-order chi connectivity index (χ0) is 53.6. The van der Waals surface area contributed by atoms with E-state index in [4.69, 9.17) is 0 Å². The third-order valence-electron chi connectivity index (χ3n) is 14.1. The number of hydrogen-bond donors (Lipinski definition) is 0. The fourth-order valence-corrected chi connectivity index (χ4v) is 10.4. The molecule has 12 aromatic carbocycles. The van der Waals surface area contributed by atoms with Gasteiger partial charge in [-0.15, -0.1) is 0 Å². The van der Waals surface area contributed by atoms with Crippen LogP contribution in [0, 0.1) is 68.6 Å². The van der Waals surface area contributed by atoms with Crippen molar-refractivity contribution in [2.75, 3.05) is 9.80 Å². The molecule has 0 aliphatic carbocycles. The van der Waals surface area contributed by atoms with E-state index < -0.39 is 23.3 Å². The van der Waals surface area contributed by atoms with E-state index >= 15 is 17.6 Å². The molecule has 12 aromatic rings. The standard InChI is InChI=1S/C68H36F4N6/c69-55-31-56(70)34-61(33-55)77(59-27-51(45-9-1-41(37-73)2-10-45)25-52(28-59)46-11-3-42(38-74)4-12-46)65-23-19-49-18-22-64-66(24-20-50-17-21-63(65)67(49)68(50)64)78(62-35-57(71)32-58(72)36-62)60-29-53(47-13-5-43(39-75)6-14-47)26-54(30-60)48-15-7-44(40-76)8-16-48/h1-36H. The Labute approximate surface area is 445 Å². The second-order valence-corrected chi connectivity index (χ2v) is 18.8. The van der Waals surface area contributed by atoms with Gasteiger partial charge in [-0.3, -0.25) is 0 Å². The summed E-state index contributed by atoms with van der Waals surface area (Å²) in [7, 11) is 0. The molecule has 0 aliphatic rings. The first-order valence-corrected chi connectivity index (χ1v) is 24.6. The molecule has 0 fully saturated rings. The van der Waals surface area contributed by atoms with Crippen LogP contribution in [-0.2, 0) is 0 Å². The fourth-order valence-electron chi connectivity index (χ4n) is 10.4. The number of anilines is 6. The molecule has 0 radical (unpaired) electrons. The minimum atomic E-state index is -0.785. The Bertz CT molecular complexity index is 4040. The van der Waals surface area contributed by atoms with Gasteiger partial charge in [0, 0.05) is 34.3 Å². The Kier molecular flexibility index (Phi) is 12.1. The first-order valence-electron chi connectivity index (χ1n) is 24.6. The number of nitriles is 4. The lowest BCUT2D eigenvalue weighted by atomic mass is 9.91. The molecule has 78 heavy (non-hydrogen) atoms. The Morgan fingerprint density at radius 1 is 0.256 bits per heavy atom. The van der Waals surface area contributed by atoms with Crippen molar-refractivity contribution in [1.29, 1.82) is 21.0 Å². The molecule has 0 aromatic heterocycles. The van der Waals surface area contributed by atoms with Crippen LogP contribution < -0.4 is 9.80 Å². The third kappa shape index (κ3) is 8.88. The molecular weight excluding hydrogens is 977 g/mol. The van der Waals surface area contributed by atoms with Gasteiger partial charge < -0.3 is 9.80 Å². The van der Waals surface area contributed by atoms with Crippen molar-refractivity contribution in [2.45, 2.75) is 0 Å². The minimum Gasteiger partial charge on any atom is -0.310 e. The normalized spacial score (nSPS) is 11.0. The predicted octanol–water partition coefficient (Wildman–Crippen LogP) is 18.2. The van der Waals surface area contributed by atoms with Crippen LogP contribution in [0.2, 0.25) is 0 Å². The SMILES string of the molecule is N#Cc1ccc(-c2cc(-c3ccc(C#N)cc3)cc(N(c3cc(F)cc(F)c3)c3ccc4ccc5c(N(c6cc(F)cc(F)c6)c6cc(-c7ccc(C#N)cc7)cc(-c7ccc(C#N)cc7)c6)ccc6ccc3c4c65)c2)cc1. The van der Waals surface area contributed by atoms with Crippen molar-refractivity contribution in [3.05, 3.63) is 264 Å². The van der Waals surface area contributed by atoms with Crippen LogP contribution in [-0.4, -0.2) is 0 Å². The van der Waals surface area contributed by atoms with E-state index in [2.05, 4.69) is 24.3 Å². The third-order valence-corrected chi connectivity index (χ3v) is 14.1. The molecular formula is C68H36F4N6. The summed E-state index contributed by atoms with van der Waals surface area (Å²) in [5, 5.41) is 43.4. The van der Waals surface area contributed by atoms with E-state index in [1.54, 1.807) is 48.5 Å². The average Bonchev–Trinajstić information content (AvgIpc) is 3.66. The monoisotopic (exact) mass is 1010 g/mol. The predicted molar refractivity (Wildman–Crippen MR) is 300 cm³/mol. The molecule has 0 bridgehead atoms. The highest BCUT2D eigenvalue weighted by molar-refractivity contribution is 6.28. The van der Waals surface area contributed by atoms with E-state index in [1.807, 2.05) is 143 Å². The lowest BCUT2D eigenvalue weighted by molar-refractivity contribution is 0.583. The van der Waals surface area contributed by atoms with Gasteiger partial charge in [-0.2, -0.15) is 21.0 Å². The lowest BCUT2D eigenvalue weighted by Crippen LogP contribution is -2.13. The molecule has 6 nitrogen and oxygen atoms in total. The number of benzene rings is 12. The van der Waals surface area contributed by atoms with Gasteiger partial charge in [0.15, 0.2) is 0 Å². The molecule has 0 saturated carbocycles. The van der Waals surface area contributed by atoms with Gasteiger partial charge in [0.1, 0.15) is 23.3 Å². The molecule has 10 heteroatoms. The second kappa shape index (κ2) is 19.7. The summed E-state index contributed by atoms with van der Waals surface area (Å²) in [6.07, 6.45) is 0. The fraction of sp³-hybridized carbons (Fsp3) is 0. The molecule has 366 valence electrons. The van der Waals surface area contributed by atoms with Crippen molar-refractivity contribution < 1.29 is 17.6 Å². The van der Waals surface area contributed by atoms with Gasteiger partial charge in [-0.05, 0) is 187 Å². The summed E-state index contributed by atoms with van der Waals surface area (Å²) >= 11 is 0. The maximum absolute atomic E-state index is 15.7. The molecule has 0 aliphatic heterocycles. The minimum absolute atomic E-state index is 0.200. The number of rotatable bonds is 10. The van der Waals surface area contributed by atoms with Gasteiger partial charge in [-0.1, -0.05) is 84.9 Å². The quantitative estimate of drug-likeness (QED) is 0.0999. The van der Waals surface area contributed by atoms with Crippen molar-refractivity contribution in [3.63, 3.8) is 0 Å². The highest BCUT2D eigenvalue weighted by Crippen LogP contribution is 2.49. The topological polar surface area (TPSA) is 102 Å². The van der Waals surface area contributed by atoms with Gasteiger partial charge in [0.2, 0.25) is 0 Å². The van der Waals surface area contributed by atoms with Crippen LogP contribution in [0.15, 0.2) is 218 Å². The highest BCUT2D eigenvalue weighted by Gasteiger charge is 2.25. The van der Waals surface area contributed by atoms with E-state index in [9.17, 15) is 21.0 Å². The van der Waals surface area contributed by atoms with Crippen LogP contribution >= 0.6 is 0 Å². The van der Waals surface area contributed by atoms with Gasteiger partial charge >= 0.3 is 0 Å². The van der Waals surface area contributed by atoms with E-state index in [-0.39, 0.29) is 11.4 Å². The van der Waals surface area contributed by atoms with Crippen molar-refractivity contribution in [3.8, 4) is 68.8 Å². The number of hydrogen-bond acceptors (Lipinski definition) is 6. The number of nitrogens with zero attached hydrogens (tertiary/aromatic N) is 6. The molecule has 0 unspecified atom stereocenters. The first-order chi connectivity index (χ1) is 38.0. The van der Waals surface area contributed by atoms with Crippen LogP contribution in [0.5, 0.6) is 0 Å². The van der Waals surface area contributed by atoms with Gasteiger partial charge in [0.05, 0.1) is 69.3 Å². The van der Waals surface area contributed by atoms with Crippen LogP contribution in [0.3, 0.4) is 0 Å². The Balaban J connectivity index is 1.11. The maximum atomic E-state index is 15.7. The summed E-state index contributed by atoms with van der Waals surface area (Å²) < 4.78 is 62.6. The Hall–Kier alpha value is -11.0. The summed E-state index contributed by atoms with van der Waals surface area (Å²) in [4.78, 5) is 3.64. The molecule has 0 N–H and O–H groups in total. The van der Waals surface area contributed by atoms with Crippen molar-refractivity contribution >= 4 is 66.4 Å². The molecule has 0 atom stereocenters. The van der Waals surface area contributed by atoms with E-state index in [0.717, 1.165) is 89.0 Å². The van der Waals surface area contributed by atoms with Crippen LogP contribution in [0.25, 0.3) is 76.8 Å². The summed E-state index contributed by atoms with van der Waals surface area (Å²) in [5.74, 6) is -3.14. The lowest BCUT2D eigenvalue weighted by Gasteiger charge is -2.30. The van der Waals surface area contributed by atoms with E-state index in [0.29, 0.717) is 45.0 Å². The largest absolute Gasteiger partial charge is 0.310 e. The Morgan fingerprint density at radius 3 is 0.782 bits per heavy atom. The van der Waals surface area contributed by atoms with Crippen LogP contribution in [0.1, 0.15) is 22.3 Å². The average molecular weight is 1010 g/mol. The smallest absolute Gasteiger partial charge is 0.128 e. The summed E-state index contributed by atoms with van der Waals surface area (Å²) in [6.45, 7) is 0. The molecule has 0 amide bonds. The zero-order valence-corrected chi connectivity index (χ0v) is 41.0. The first kappa shape index (κ1) is 47.9. The van der Waals surface area contributed by atoms with Gasteiger partial charge in [0.25, 0.3) is 0 Å². The zero-order valence-electron chi connectivity index (χ0n) is 41.0. The van der Waals surface area contributed by atoms with Crippen molar-refractivity contribution in [1.82, 2.24) is 0 Å². The van der Waals surface area contributed by atoms with Crippen LogP contribution in [0.4, 0.5) is 51.7 Å². The Morgan fingerprint density at radius 2 is 0.513 bits per heavy atom.